The van der Waals surface area contributed by atoms with Gasteiger partial charge in [0.15, 0.2) is 0 Å². The molecule has 0 aliphatic heterocycles. The number of nitrogens with one attached hydrogen (secondary N) is 1. The van der Waals surface area contributed by atoms with E-state index < -0.39 is 0 Å². The van der Waals surface area contributed by atoms with Crippen LogP contribution in [-0.2, 0) is 0 Å². The first-order chi connectivity index (χ1) is 8.76. The van der Waals surface area contributed by atoms with Crippen LogP contribution in [-0.4, -0.2) is 13.7 Å². The molecular weight excluding hydrogens is 266 g/mol. The van der Waals surface area contributed by atoms with E-state index in [2.05, 4.69) is 29.1 Å². The minimum absolute atomic E-state index is 0.139. The molecule has 2 aromatic rings. The normalized spacial score (nSPS) is 12.4. The van der Waals surface area contributed by atoms with Crippen LogP contribution in [0.25, 0.3) is 0 Å². The summed E-state index contributed by atoms with van der Waals surface area (Å²) in [6, 6.07) is 8.08. The van der Waals surface area contributed by atoms with Crippen LogP contribution in [0, 0.1) is 0 Å². The summed E-state index contributed by atoms with van der Waals surface area (Å²) in [5.74, 6) is 0.782. The summed E-state index contributed by atoms with van der Waals surface area (Å²) in [5.41, 5.74) is 2.33. The second-order valence-corrected chi connectivity index (χ2v) is 5.12. The molecule has 4 heteroatoms. The van der Waals surface area contributed by atoms with Crippen LogP contribution < -0.4 is 10.1 Å². The average Bonchev–Trinajstić information content (AvgIpc) is 2.90. The van der Waals surface area contributed by atoms with Gasteiger partial charge in [-0.25, -0.2) is 0 Å². The molecule has 1 atom stereocenters. The lowest BCUT2D eigenvalue weighted by atomic mass is 10.0. The number of hydrogen-bond acceptors (Lipinski definition) is 3. The molecule has 0 saturated heterocycles. The van der Waals surface area contributed by atoms with Crippen molar-refractivity contribution < 1.29 is 4.74 Å². The number of ether oxygens (including phenoxy) is 1. The maximum absolute atomic E-state index is 6.34. The first-order valence-corrected chi connectivity index (χ1v) is 7.17. The predicted octanol–water partition coefficient (Wildman–Crippen LogP) is 4.11. The minimum atomic E-state index is 0.139. The van der Waals surface area contributed by atoms with Gasteiger partial charge < -0.3 is 10.1 Å². The van der Waals surface area contributed by atoms with Gasteiger partial charge in [-0.05, 0) is 46.6 Å². The summed E-state index contributed by atoms with van der Waals surface area (Å²) < 4.78 is 5.18. The van der Waals surface area contributed by atoms with Gasteiger partial charge in [-0.2, -0.15) is 11.3 Å². The van der Waals surface area contributed by atoms with Crippen molar-refractivity contribution >= 4 is 22.9 Å². The van der Waals surface area contributed by atoms with E-state index in [1.165, 1.54) is 5.56 Å². The van der Waals surface area contributed by atoms with Gasteiger partial charge in [-0.3, -0.25) is 0 Å². The summed E-state index contributed by atoms with van der Waals surface area (Å²) >= 11 is 8.03. The lowest BCUT2D eigenvalue weighted by Gasteiger charge is -2.19. The van der Waals surface area contributed by atoms with Crippen LogP contribution in [0.2, 0.25) is 5.02 Å². The zero-order valence-electron chi connectivity index (χ0n) is 10.4. The topological polar surface area (TPSA) is 21.3 Å². The molecule has 1 aromatic carbocycles. The third-order valence-electron chi connectivity index (χ3n) is 2.80. The lowest BCUT2D eigenvalue weighted by molar-refractivity contribution is 0.414. The largest absolute Gasteiger partial charge is 0.497 e. The molecule has 2 nitrogen and oxygen atoms in total. The zero-order valence-corrected chi connectivity index (χ0v) is 12.0. The molecule has 96 valence electrons. The summed E-state index contributed by atoms with van der Waals surface area (Å²) in [6.07, 6.45) is 0. The monoisotopic (exact) mass is 281 g/mol. The second kappa shape index (κ2) is 6.23. The fourth-order valence-corrected chi connectivity index (χ4v) is 2.89. The van der Waals surface area contributed by atoms with Crippen LogP contribution in [0.1, 0.15) is 24.1 Å². The number of thiophene rings is 1. The number of methoxy groups -OCH3 is 1. The molecule has 1 aromatic heterocycles. The molecule has 2 rings (SSSR count). The van der Waals surface area contributed by atoms with E-state index in [-0.39, 0.29) is 6.04 Å². The van der Waals surface area contributed by atoms with Crippen molar-refractivity contribution in [3.63, 3.8) is 0 Å². The van der Waals surface area contributed by atoms with Crippen LogP contribution in [0.15, 0.2) is 35.0 Å². The smallest absolute Gasteiger partial charge is 0.120 e. The van der Waals surface area contributed by atoms with E-state index in [0.717, 1.165) is 22.9 Å². The lowest BCUT2D eigenvalue weighted by Crippen LogP contribution is -2.21. The third kappa shape index (κ3) is 2.86. The molecule has 0 bridgehead atoms. The van der Waals surface area contributed by atoms with Crippen molar-refractivity contribution in [2.45, 2.75) is 13.0 Å². The molecule has 0 aliphatic rings. The SMILES string of the molecule is CCNC(c1ccsc1)c1ccc(OC)cc1Cl. The molecule has 0 amide bonds. The van der Waals surface area contributed by atoms with Gasteiger partial charge in [0.2, 0.25) is 0 Å². The molecule has 1 N–H and O–H groups in total. The fourth-order valence-electron chi connectivity index (χ4n) is 1.92. The molecule has 18 heavy (non-hydrogen) atoms. The predicted molar refractivity (Wildman–Crippen MR) is 77.8 cm³/mol. The van der Waals surface area contributed by atoms with Crippen molar-refractivity contribution in [3.8, 4) is 5.75 Å². The molecule has 0 aliphatic carbocycles. The number of benzene rings is 1. The quantitative estimate of drug-likeness (QED) is 0.890. The average molecular weight is 282 g/mol. The Kier molecular flexibility index (Phi) is 4.64. The highest BCUT2D eigenvalue weighted by atomic mass is 35.5. The second-order valence-electron chi connectivity index (χ2n) is 3.93. The van der Waals surface area contributed by atoms with E-state index in [9.17, 15) is 0 Å². The Bertz CT molecular complexity index is 499. The van der Waals surface area contributed by atoms with Gasteiger partial charge >= 0.3 is 0 Å². The first kappa shape index (κ1) is 13.4. The van der Waals surface area contributed by atoms with Crippen molar-refractivity contribution in [2.75, 3.05) is 13.7 Å². The van der Waals surface area contributed by atoms with E-state index >= 15 is 0 Å². The Morgan fingerprint density at radius 1 is 1.39 bits per heavy atom. The molecule has 0 fully saturated rings. The van der Waals surface area contributed by atoms with Gasteiger partial charge in [0.1, 0.15) is 5.75 Å². The Morgan fingerprint density at radius 3 is 2.78 bits per heavy atom. The standard InChI is InChI=1S/C14H16ClNOS/c1-3-16-14(10-6-7-18-9-10)12-5-4-11(17-2)8-13(12)15/h4-9,14,16H,3H2,1-2H3. The fraction of sp³-hybridized carbons (Fsp3) is 0.286. The maximum Gasteiger partial charge on any atom is 0.120 e. The van der Waals surface area contributed by atoms with E-state index in [0.29, 0.717) is 0 Å². The van der Waals surface area contributed by atoms with Crippen LogP contribution in [0.3, 0.4) is 0 Å². The van der Waals surface area contributed by atoms with Crippen molar-refractivity contribution in [2.24, 2.45) is 0 Å². The molecule has 0 spiro atoms. The number of hydrogen-bond donors (Lipinski definition) is 1. The van der Waals surface area contributed by atoms with Gasteiger partial charge in [0.05, 0.1) is 13.2 Å². The molecule has 0 radical (unpaired) electrons. The summed E-state index contributed by atoms with van der Waals surface area (Å²) in [5, 5.41) is 8.42. The Morgan fingerprint density at radius 2 is 2.22 bits per heavy atom. The van der Waals surface area contributed by atoms with Crippen molar-refractivity contribution in [1.82, 2.24) is 5.32 Å². The van der Waals surface area contributed by atoms with Crippen LogP contribution in [0.4, 0.5) is 0 Å². The first-order valence-electron chi connectivity index (χ1n) is 5.85. The van der Waals surface area contributed by atoms with E-state index in [1.54, 1.807) is 18.4 Å². The van der Waals surface area contributed by atoms with Gasteiger partial charge in [-0.15, -0.1) is 0 Å². The van der Waals surface area contributed by atoms with Crippen LogP contribution in [0.5, 0.6) is 5.75 Å². The van der Waals surface area contributed by atoms with Crippen molar-refractivity contribution in [1.29, 1.82) is 0 Å². The molecule has 0 saturated carbocycles. The number of halogens is 1. The Hall–Kier alpha value is -1.03. The highest BCUT2D eigenvalue weighted by molar-refractivity contribution is 7.08. The van der Waals surface area contributed by atoms with E-state index in [1.807, 2.05) is 18.2 Å². The molecule has 1 unspecified atom stereocenters. The van der Waals surface area contributed by atoms with Gasteiger partial charge in [0.25, 0.3) is 0 Å². The summed E-state index contributed by atoms with van der Waals surface area (Å²) in [7, 11) is 1.64. The number of rotatable bonds is 5. The molecule has 1 heterocycles. The summed E-state index contributed by atoms with van der Waals surface area (Å²) in [6.45, 7) is 2.99. The van der Waals surface area contributed by atoms with Crippen molar-refractivity contribution in [3.05, 3.63) is 51.2 Å². The molecular formula is C14H16ClNOS. The Labute approximate surface area is 117 Å². The Balaban J connectivity index is 2.37. The zero-order chi connectivity index (χ0) is 13.0. The highest BCUT2D eigenvalue weighted by Crippen LogP contribution is 2.31. The van der Waals surface area contributed by atoms with Gasteiger partial charge in [0, 0.05) is 5.02 Å². The van der Waals surface area contributed by atoms with Gasteiger partial charge in [-0.1, -0.05) is 24.6 Å². The summed E-state index contributed by atoms with van der Waals surface area (Å²) in [4.78, 5) is 0. The third-order valence-corrected chi connectivity index (χ3v) is 3.83. The van der Waals surface area contributed by atoms with Crippen LogP contribution >= 0.6 is 22.9 Å². The maximum atomic E-state index is 6.34. The highest BCUT2D eigenvalue weighted by Gasteiger charge is 2.16. The van der Waals surface area contributed by atoms with E-state index in [4.69, 9.17) is 16.3 Å². The minimum Gasteiger partial charge on any atom is -0.497 e.